The monoisotopic (exact) mass is 350 g/mol. The molecule has 0 aliphatic rings. The maximum Gasteiger partial charge on any atom is 2.00 e. The van der Waals surface area contributed by atoms with Gasteiger partial charge in [0.25, 0.3) is 0 Å². The van der Waals surface area contributed by atoms with Gasteiger partial charge in [-0.15, -0.1) is 0 Å². The number of carboxylic acids is 4. The van der Waals surface area contributed by atoms with Gasteiger partial charge in [-0.2, -0.15) is 0 Å². The Hall–Kier alpha value is -2.02. The summed E-state index contributed by atoms with van der Waals surface area (Å²) in [6.07, 6.45) is 1.54. The first-order valence-electron chi connectivity index (χ1n) is 5.45. The van der Waals surface area contributed by atoms with E-state index < -0.39 is 23.9 Å². The van der Waals surface area contributed by atoms with Crippen molar-refractivity contribution in [3.63, 3.8) is 0 Å². The first-order chi connectivity index (χ1) is 9.15. The number of aliphatic carboxylic acids is 4. The van der Waals surface area contributed by atoms with Gasteiger partial charge in [-0.1, -0.05) is 13.8 Å². The van der Waals surface area contributed by atoms with Crippen LogP contribution >= 0.6 is 0 Å². The summed E-state index contributed by atoms with van der Waals surface area (Å²) < 4.78 is 0. The van der Waals surface area contributed by atoms with E-state index in [1.807, 2.05) is 0 Å². The van der Waals surface area contributed by atoms with Crippen molar-refractivity contribution in [1.29, 1.82) is 0 Å². The third-order valence-corrected chi connectivity index (χ3v) is 1.90. The Bertz CT molecular complexity index is 408. The number of carbonyl (C=O) groups is 4. The molecule has 0 aliphatic heterocycles. The summed E-state index contributed by atoms with van der Waals surface area (Å²) in [5.41, 5.74) is -0.306. The van der Waals surface area contributed by atoms with Crippen LogP contribution < -0.4 is 10.2 Å². The van der Waals surface area contributed by atoms with Crippen molar-refractivity contribution in [2.75, 3.05) is 0 Å². The summed E-state index contributed by atoms with van der Waals surface area (Å²) in [7, 11) is 0. The third kappa shape index (κ3) is 14.2. The molecular formula is C12H14O8Zn. The van der Waals surface area contributed by atoms with Gasteiger partial charge >= 0.3 is 31.4 Å². The summed E-state index contributed by atoms with van der Waals surface area (Å²) in [6.45, 7) is 3.12. The predicted octanol–water partition coefficient (Wildman–Crippen LogP) is -1.69. The molecular weight excluding hydrogens is 338 g/mol. The molecule has 21 heavy (non-hydrogen) atoms. The zero-order valence-electron chi connectivity index (χ0n) is 11.6. The van der Waals surface area contributed by atoms with Crippen molar-refractivity contribution in [1.82, 2.24) is 0 Å². The van der Waals surface area contributed by atoms with E-state index in [2.05, 4.69) is 0 Å². The van der Waals surface area contributed by atoms with Gasteiger partial charge in [-0.05, 0) is 25.0 Å². The minimum absolute atomic E-state index is 0. The van der Waals surface area contributed by atoms with E-state index in [1.165, 1.54) is 0 Å². The van der Waals surface area contributed by atoms with Crippen LogP contribution in [0.2, 0.25) is 0 Å². The molecule has 112 valence electrons. The molecule has 0 aliphatic carbocycles. The summed E-state index contributed by atoms with van der Waals surface area (Å²) >= 11 is 0. The quantitative estimate of drug-likeness (QED) is 0.424. The van der Waals surface area contributed by atoms with E-state index in [0.717, 1.165) is 0 Å². The Kier molecular flexibility index (Phi) is 14.9. The van der Waals surface area contributed by atoms with E-state index >= 15 is 0 Å². The average molecular weight is 352 g/mol. The van der Waals surface area contributed by atoms with Crippen LogP contribution in [0.25, 0.3) is 0 Å². The molecule has 0 rings (SSSR count). The number of carbonyl (C=O) groups excluding carboxylic acids is 2. The smallest absolute Gasteiger partial charge is 0.545 e. The van der Waals surface area contributed by atoms with Crippen LogP contribution in [0.4, 0.5) is 0 Å². The van der Waals surface area contributed by atoms with Crippen molar-refractivity contribution >= 4 is 23.9 Å². The maximum atomic E-state index is 10.1. The van der Waals surface area contributed by atoms with Gasteiger partial charge in [0.05, 0.1) is 11.9 Å². The Morgan fingerprint density at radius 2 is 1.05 bits per heavy atom. The second kappa shape index (κ2) is 13.0. The van der Waals surface area contributed by atoms with Crippen molar-refractivity contribution in [3.8, 4) is 0 Å². The zero-order chi connectivity index (χ0) is 16.3. The number of hydrogen-bond donors (Lipinski definition) is 2. The standard InChI is InChI=1S/2C6H8O4.Zn/c2*1-2-4(6(9)10)3-5(7)8;/h2*3H,2H2,1H3,(H,7,8)(H,9,10);/q;;+2/p-2/b2*4-3+;. The molecule has 0 aromatic carbocycles. The largest absolute Gasteiger partial charge is 2.00 e. The van der Waals surface area contributed by atoms with Gasteiger partial charge in [0, 0.05) is 11.1 Å². The van der Waals surface area contributed by atoms with Gasteiger partial charge in [-0.3, -0.25) is 0 Å². The first-order valence-corrected chi connectivity index (χ1v) is 5.45. The molecule has 0 atom stereocenters. The molecule has 8 nitrogen and oxygen atoms in total. The molecule has 0 aromatic heterocycles. The molecule has 0 spiro atoms. The van der Waals surface area contributed by atoms with E-state index in [4.69, 9.17) is 10.2 Å². The van der Waals surface area contributed by atoms with E-state index in [0.29, 0.717) is 12.2 Å². The van der Waals surface area contributed by atoms with Crippen molar-refractivity contribution < 1.29 is 59.1 Å². The number of rotatable bonds is 6. The molecule has 0 amide bonds. The van der Waals surface area contributed by atoms with E-state index in [1.54, 1.807) is 13.8 Å². The number of hydrogen-bond acceptors (Lipinski definition) is 6. The van der Waals surface area contributed by atoms with Gasteiger partial charge < -0.3 is 30.0 Å². The maximum absolute atomic E-state index is 10.1. The number of carboxylic acid groups (broad SMARTS) is 4. The van der Waals surface area contributed by atoms with Crippen LogP contribution in [0.5, 0.6) is 0 Å². The molecule has 0 fully saturated rings. The topological polar surface area (TPSA) is 155 Å². The fraction of sp³-hybridized carbons (Fsp3) is 0.333. The molecule has 0 bridgehead atoms. The van der Waals surface area contributed by atoms with Crippen LogP contribution in [0.1, 0.15) is 26.7 Å². The van der Waals surface area contributed by atoms with Gasteiger partial charge in [-0.25, -0.2) is 9.59 Å². The summed E-state index contributed by atoms with van der Waals surface area (Å²) in [5, 5.41) is 36.2. The molecule has 0 heterocycles. The first kappa shape index (κ1) is 24.0. The van der Waals surface area contributed by atoms with Crippen LogP contribution in [-0.4, -0.2) is 34.1 Å². The average Bonchev–Trinajstić information content (AvgIpc) is 2.32. The minimum atomic E-state index is -1.47. The van der Waals surface area contributed by atoms with E-state index in [-0.39, 0.29) is 43.5 Å². The second-order valence-electron chi connectivity index (χ2n) is 3.29. The molecule has 2 N–H and O–H groups in total. The zero-order valence-corrected chi connectivity index (χ0v) is 14.6. The van der Waals surface area contributed by atoms with Crippen LogP contribution in [0, 0.1) is 0 Å². The summed E-state index contributed by atoms with van der Waals surface area (Å²) in [4.78, 5) is 39.9. The molecule has 0 saturated heterocycles. The Labute approximate surface area is 133 Å². The summed E-state index contributed by atoms with van der Waals surface area (Å²) in [5.74, 6) is -5.38. The van der Waals surface area contributed by atoms with Crippen molar-refractivity contribution in [2.45, 2.75) is 26.7 Å². The molecule has 0 aromatic rings. The predicted molar refractivity (Wildman–Crippen MR) is 62.0 cm³/mol. The molecule has 0 unspecified atom stereocenters. The normalized spacial score (nSPS) is 10.6. The minimum Gasteiger partial charge on any atom is -0.545 e. The van der Waals surface area contributed by atoms with Crippen LogP contribution in [0.15, 0.2) is 23.3 Å². The van der Waals surface area contributed by atoms with Crippen LogP contribution in [-0.2, 0) is 38.7 Å². The van der Waals surface area contributed by atoms with Crippen molar-refractivity contribution in [3.05, 3.63) is 23.3 Å². The summed E-state index contributed by atoms with van der Waals surface area (Å²) in [6, 6.07) is 0. The Balaban J connectivity index is -0.000000295. The molecule has 0 saturated carbocycles. The second-order valence-corrected chi connectivity index (χ2v) is 3.29. The van der Waals surface area contributed by atoms with E-state index in [9.17, 15) is 29.4 Å². The van der Waals surface area contributed by atoms with Crippen molar-refractivity contribution in [2.24, 2.45) is 0 Å². The fourth-order valence-electron chi connectivity index (χ4n) is 0.915. The Morgan fingerprint density at radius 3 is 1.10 bits per heavy atom. The van der Waals surface area contributed by atoms with Gasteiger partial charge in [0.2, 0.25) is 0 Å². The third-order valence-electron chi connectivity index (χ3n) is 1.90. The van der Waals surface area contributed by atoms with Gasteiger partial charge in [0.1, 0.15) is 0 Å². The van der Waals surface area contributed by atoms with Gasteiger partial charge in [0.15, 0.2) is 0 Å². The fourth-order valence-corrected chi connectivity index (χ4v) is 0.915. The SMILES string of the molecule is CC/C(=C\C(=O)[O-])C(=O)O.CC/C(=C\C(=O)[O-])C(=O)O.[Zn+2]. The van der Waals surface area contributed by atoms with Crippen LogP contribution in [0.3, 0.4) is 0 Å². The Morgan fingerprint density at radius 1 is 0.810 bits per heavy atom. The molecule has 9 heteroatoms. The molecule has 0 radical (unpaired) electrons.